The van der Waals surface area contributed by atoms with Gasteiger partial charge < -0.3 is 4.74 Å². The zero-order valence-electron chi connectivity index (χ0n) is 11.0. The predicted molar refractivity (Wildman–Crippen MR) is 67.7 cm³/mol. The van der Waals surface area contributed by atoms with Crippen molar-refractivity contribution in [1.29, 1.82) is 0 Å². The molecular formula is C12H8ClF4N3O2. The van der Waals surface area contributed by atoms with Crippen LogP contribution < -0.4 is 0 Å². The van der Waals surface area contributed by atoms with Crippen molar-refractivity contribution in [3.05, 3.63) is 34.2 Å². The molecule has 1 aromatic carbocycles. The molecule has 22 heavy (non-hydrogen) atoms. The van der Waals surface area contributed by atoms with Crippen LogP contribution in [0.4, 0.5) is 17.6 Å². The van der Waals surface area contributed by atoms with Gasteiger partial charge in [0.05, 0.1) is 22.8 Å². The highest BCUT2D eigenvalue weighted by atomic mass is 35.5. The molecule has 0 bridgehead atoms. The van der Waals surface area contributed by atoms with Crippen LogP contribution >= 0.6 is 11.6 Å². The number of carbonyl (C=O) groups is 1. The fourth-order valence-corrected chi connectivity index (χ4v) is 1.92. The summed E-state index contributed by atoms with van der Waals surface area (Å²) in [5.41, 5.74) is -3.47. The van der Waals surface area contributed by atoms with E-state index in [1.807, 2.05) is 5.21 Å². The van der Waals surface area contributed by atoms with E-state index in [-0.39, 0.29) is 6.61 Å². The summed E-state index contributed by atoms with van der Waals surface area (Å²) in [5, 5.41) is 8.29. The summed E-state index contributed by atoms with van der Waals surface area (Å²) in [6, 6.07) is 1.37. The normalized spacial score (nSPS) is 11.5. The summed E-state index contributed by atoms with van der Waals surface area (Å²) in [6.45, 7) is 1.47. The molecule has 0 fully saturated rings. The Balaban J connectivity index is 2.70. The first-order valence-corrected chi connectivity index (χ1v) is 6.28. The number of esters is 1. The Labute approximate surface area is 126 Å². The molecule has 1 aromatic heterocycles. The van der Waals surface area contributed by atoms with Crippen LogP contribution in [0, 0.1) is 5.82 Å². The molecule has 0 unspecified atom stereocenters. The van der Waals surface area contributed by atoms with Gasteiger partial charge in [0.2, 0.25) is 0 Å². The lowest BCUT2D eigenvalue weighted by atomic mass is 10.0. The smallest absolute Gasteiger partial charge is 0.417 e. The lowest BCUT2D eigenvalue weighted by Gasteiger charge is -2.13. The van der Waals surface area contributed by atoms with E-state index >= 15 is 0 Å². The predicted octanol–water partition coefficient (Wildman–Crippen LogP) is 3.46. The van der Waals surface area contributed by atoms with Crippen molar-refractivity contribution in [2.24, 2.45) is 0 Å². The third kappa shape index (κ3) is 2.89. The molecule has 0 aliphatic carbocycles. The molecule has 0 amide bonds. The van der Waals surface area contributed by atoms with Crippen LogP contribution in [0.1, 0.15) is 23.0 Å². The summed E-state index contributed by atoms with van der Waals surface area (Å²) >= 11 is 5.53. The average molecular weight is 338 g/mol. The number of halogens is 5. The van der Waals surface area contributed by atoms with Gasteiger partial charge in [-0.15, -0.1) is 5.10 Å². The monoisotopic (exact) mass is 337 g/mol. The van der Waals surface area contributed by atoms with Gasteiger partial charge in [-0.1, -0.05) is 11.6 Å². The number of rotatable bonds is 3. The first-order chi connectivity index (χ1) is 10.3. The second-order valence-electron chi connectivity index (χ2n) is 4.02. The lowest BCUT2D eigenvalue weighted by Crippen LogP contribution is -2.12. The topological polar surface area (TPSA) is 67.9 Å². The average Bonchev–Trinajstić information content (AvgIpc) is 2.89. The standard InChI is InChI=1S/C12H8ClF4N3O2/c1-2-22-11(21)10-9(18-20-19-10)7-5(12(15,16)17)3-4-6(13)8(7)14/h3-4H,2H2,1H3,(H,18,19,20). The van der Waals surface area contributed by atoms with Crippen molar-refractivity contribution in [3.8, 4) is 11.3 Å². The van der Waals surface area contributed by atoms with Gasteiger partial charge in [-0.25, -0.2) is 9.18 Å². The van der Waals surface area contributed by atoms with E-state index in [2.05, 4.69) is 14.9 Å². The van der Waals surface area contributed by atoms with Gasteiger partial charge in [-0.2, -0.15) is 23.5 Å². The molecule has 0 saturated heterocycles. The molecule has 1 heterocycles. The Kier molecular flexibility index (Phi) is 4.36. The molecule has 2 rings (SSSR count). The summed E-state index contributed by atoms with van der Waals surface area (Å²) < 4.78 is 57.9. The lowest BCUT2D eigenvalue weighted by molar-refractivity contribution is -0.137. The number of nitrogens with zero attached hydrogens (tertiary/aromatic N) is 2. The number of ether oxygens (including phenoxy) is 1. The number of aromatic amines is 1. The maximum Gasteiger partial charge on any atom is 0.417 e. The first kappa shape index (κ1) is 16.2. The quantitative estimate of drug-likeness (QED) is 0.688. The molecular weight excluding hydrogens is 330 g/mol. The zero-order valence-corrected chi connectivity index (χ0v) is 11.7. The molecule has 118 valence electrons. The number of H-pyrrole nitrogens is 1. The number of carbonyl (C=O) groups excluding carboxylic acids is 1. The van der Waals surface area contributed by atoms with Crippen LogP contribution in [0.3, 0.4) is 0 Å². The molecule has 2 aromatic rings. The minimum atomic E-state index is -4.87. The summed E-state index contributed by atoms with van der Waals surface area (Å²) in [5.74, 6) is -2.38. The van der Waals surface area contributed by atoms with Crippen LogP contribution in [0.15, 0.2) is 12.1 Å². The molecule has 0 aliphatic heterocycles. The molecule has 0 saturated carbocycles. The van der Waals surface area contributed by atoms with Gasteiger partial charge in [-0.05, 0) is 19.1 Å². The Hall–Kier alpha value is -2.16. The highest BCUT2D eigenvalue weighted by Crippen LogP contribution is 2.40. The molecule has 1 N–H and O–H groups in total. The molecule has 0 atom stereocenters. The van der Waals surface area contributed by atoms with Crippen LogP contribution in [0.2, 0.25) is 5.02 Å². The number of hydrogen-bond acceptors (Lipinski definition) is 4. The van der Waals surface area contributed by atoms with Crippen molar-refractivity contribution < 1.29 is 27.1 Å². The molecule has 0 spiro atoms. The van der Waals surface area contributed by atoms with Gasteiger partial charge in [0.1, 0.15) is 5.69 Å². The Bertz CT molecular complexity index is 715. The second kappa shape index (κ2) is 5.91. The minimum absolute atomic E-state index is 0.0325. The van der Waals surface area contributed by atoms with Gasteiger partial charge in [0, 0.05) is 0 Å². The number of nitrogens with one attached hydrogen (secondary N) is 1. The maximum atomic E-state index is 14.1. The van der Waals surface area contributed by atoms with E-state index in [9.17, 15) is 22.4 Å². The van der Waals surface area contributed by atoms with Crippen molar-refractivity contribution in [3.63, 3.8) is 0 Å². The SMILES string of the molecule is CCOC(=O)c1n[nH]nc1-c1c(C(F)(F)F)ccc(Cl)c1F. The van der Waals surface area contributed by atoms with Crippen molar-refractivity contribution in [1.82, 2.24) is 15.4 Å². The summed E-state index contributed by atoms with van der Waals surface area (Å²) in [6.07, 6.45) is -4.87. The first-order valence-electron chi connectivity index (χ1n) is 5.90. The second-order valence-corrected chi connectivity index (χ2v) is 4.43. The van der Waals surface area contributed by atoms with Crippen LogP contribution in [0.5, 0.6) is 0 Å². The highest BCUT2D eigenvalue weighted by Gasteiger charge is 2.38. The van der Waals surface area contributed by atoms with E-state index < -0.39 is 45.5 Å². The van der Waals surface area contributed by atoms with E-state index in [0.717, 1.165) is 6.07 Å². The van der Waals surface area contributed by atoms with Gasteiger partial charge in [0.15, 0.2) is 11.5 Å². The molecule has 10 heteroatoms. The van der Waals surface area contributed by atoms with E-state index in [4.69, 9.17) is 11.6 Å². The number of alkyl halides is 3. The van der Waals surface area contributed by atoms with Crippen molar-refractivity contribution >= 4 is 17.6 Å². The molecule has 0 aliphatic rings. The van der Waals surface area contributed by atoms with Crippen LogP contribution in [-0.2, 0) is 10.9 Å². The maximum absolute atomic E-state index is 14.1. The third-order valence-electron chi connectivity index (χ3n) is 2.65. The van der Waals surface area contributed by atoms with Crippen molar-refractivity contribution in [2.75, 3.05) is 6.61 Å². The van der Waals surface area contributed by atoms with Gasteiger partial charge in [-0.3, -0.25) is 0 Å². The third-order valence-corrected chi connectivity index (χ3v) is 2.95. The fourth-order valence-electron chi connectivity index (χ4n) is 1.77. The largest absolute Gasteiger partial charge is 0.461 e. The number of benzene rings is 1. The minimum Gasteiger partial charge on any atom is -0.461 e. The van der Waals surface area contributed by atoms with E-state index in [1.165, 1.54) is 6.92 Å². The molecule has 5 nitrogen and oxygen atoms in total. The zero-order chi connectivity index (χ0) is 16.5. The summed E-state index contributed by atoms with van der Waals surface area (Å²) in [4.78, 5) is 11.7. The number of aromatic nitrogens is 3. The Morgan fingerprint density at radius 2 is 2.05 bits per heavy atom. The summed E-state index contributed by atoms with van der Waals surface area (Å²) in [7, 11) is 0. The van der Waals surface area contributed by atoms with Crippen LogP contribution in [-0.4, -0.2) is 28.0 Å². The van der Waals surface area contributed by atoms with Gasteiger partial charge >= 0.3 is 12.1 Å². The van der Waals surface area contributed by atoms with Gasteiger partial charge in [0.25, 0.3) is 0 Å². The fraction of sp³-hybridized carbons (Fsp3) is 0.250. The van der Waals surface area contributed by atoms with E-state index in [1.54, 1.807) is 0 Å². The highest BCUT2D eigenvalue weighted by molar-refractivity contribution is 6.31. The van der Waals surface area contributed by atoms with E-state index in [0.29, 0.717) is 6.07 Å². The Morgan fingerprint density at radius 3 is 2.64 bits per heavy atom. The van der Waals surface area contributed by atoms with Crippen LogP contribution in [0.25, 0.3) is 11.3 Å². The molecule has 0 radical (unpaired) electrons. The Morgan fingerprint density at radius 1 is 1.36 bits per heavy atom. The number of hydrogen-bond donors (Lipinski definition) is 1. The van der Waals surface area contributed by atoms with Crippen molar-refractivity contribution in [2.45, 2.75) is 13.1 Å².